The van der Waals surface area contributed by atoms with Crippen LogP contribution in [-0.2, 0) is 28.7 Å². The minimum atomic E-state index is -4.61. The van der Waals surface area contributed by atoms with Gasteiger partial charge in [-0.15, -0.1) is 0 Å². The Balaban J connectivity index is 1.36. The van der Waals surface area contributed by atoms with Crippen LogP contribution in [0.25, 0.3) is 10.9 Å². The van der Waals surface area contributed by atoms with Crippen LogP contribution in [-0.4, -0.2) is 54.3 Å². The molecule has 0 spiro atoms. The van der Waals surface area contributed by atoms with Gasteiger partial charge in [0.25, 0.3) is 5.91 Å². The number of primary amides is 1. The van der Waals surface area contributed by atoms with Gasteiger partial charge in [0.1, 0.15) is 12.2 Å². The maximum absolute atomic E-state index is 13.2. The van der Waals surface area contributed by atoms with E-state index in [9.17, 15) is 27.6 Å². The average Bonchev–Trinajstić information content (AvgIpc) is 3.29. The lowest BCUT2D eigenvalue weighted by Crippen LogP contribution is -2.45. The van der Waals surface area contributed by atoms with Crippen molar-refractivity contribution in [1.82, 2.24) is 24.6 Å². The van der Waals surface area contributed by atoms with Gasteiger partial charge in [0, 0.05) is 23.3 Å². The molecule has 0 radical (unpaired) electrons. The van der Waals surface area contributed by atoms with Crippen LogP contribution in [0.5, 0.6) is 0 Å². The average molecular weight is 472 g/mol. The molecule has 1 saturated heterocycles. The zero-order valence-corrected chi connectivity index (χ0v) is 17.7. The van der Waals surface area contributed by atoms with Crippen LogP contribution in [0.3, 0.4) is 0 Å². The number of aromatic nitrogens is 4. The second kappa shape index (κ2) is 7.89. The van der Waals surface area contributed by atoms with Gasteiger partial charge in [-0.2, -0.15) is 18.3 Å². The molecule has 1 aliphatic carbocycles. The Kier molecular flexibility index (Phi) is 5.10. The number of hydrogen-bond donors (Lipinski definition) is 1. The van der Waals surface area contributed by atoms with Gasteiger partial charge in [-0.1, -0.05) is 6.07 Å². The Labute approximate surface area is 190 Å². The number of nitrogens with zero attached hydrogens (tertiary/aromatic N) is 5. The fraction of sp³-hybridized carbons (Fsp3) is 0.364. The van der Waals surface area contributed by atoms with E-state index in [2.05, 4.69) is 15.1 Å². The van der Waals surface area contributed by atoms with Gasteiger partial charge in [0.15, 0.2) is 11.5 Å². The van der Waals surface area contributed by atoms with Crippen molar-refractivity contribution in [2.45, 2.75) is 44.1 Å². The summed E-state index contributed by atoms with van der Waals surface area (Å²) in [6, 6.07) is 4.15. The highest BCUT2D eigenvalue weighted by Gasteiger charge is 2.55. The zero-order chi connectivity index (χ0) is 24.2. The molecule has 176 valence electrons. The molecule has 4 heterocycles. The number of pyridine rings is 2. The molecule has 9 nitrogen and oxygen atoms in total. The van der Waals surface area contributed by atoms with Crippen molar-refractivity contribution in [2.24, 2.45) is 11.7 Å². The number of fused-ring (bicyclic) bond motifs is 2. The molecule has 3 aromatic heterocycles. The van der Waals surface area contributed by atoms with Crippen LogP contribution in [0.2, 0.25) is 0 Å². The van der Waals surface area contributed by atoms with Crippen molar-refractivity contribution in [1.29, 1.82) is 0 Å². The summed E-state index contributed by atoms with van der Waals surface area (Å²) < 4.78 is 40.2. The Morgan fingerprint density at radius 2 is 1.94 bits per heavy atom. The minimum Gasteiger partial charge on any atom is -0.364 e. The monoisotopic (exact) mass is 472 g/mol. The van der Waals surface area contributed by atoms with Crippen LogP contribution in [0.1, 0.15) is 34.7 Å². The highest BCUT2D eigenvalue weighted by atomic mass is 19.4. The Bertz CT molecular complexity index is 1320. The van der Waals surface area contributed by atoms with Crippen molar-refractivity contribution >= 4 is 28.5 Å². The topological polar surface area (TPSA) is 124 Å². The number of hydrogen-bond acceptors (Lipinski definition) is 6. The quantitative estimate of drug-likeness (QED) is 0.583. The number of piperidine rings is 1. The van der Waals surface area contributed by atoms with Crippen molar-refractivity contribution in [2.75, 3.05) is 0 Å². The van der Waals surface area contributed by atoms with E-state index >= 15 is 0 Å². The first-order valence-corrected chi connectivity index (χ1v) is 10.6. The summed E-state index contributed by atoms with van der Waals surface area (Å²) in [5.41, 5.74) is 4.80. The lowest BCUT2D eigenvalue weighted by atomic mass is 10.0. The number of ketones is 1. The summed E-state index contributed by atoms with van der Waals surface area (Å²) in [7, 11) is 0. The maximum atomic E-state index is 13.2. The predicted molar refractivity (Wildman–Crippen MR) is 111 cm³/mol. The van der Waals surface area contributed by atoms with Gasteiger partial charge in [-0.05, 0) is 37.0 Å². The lowest BCUT2D eigenvalue weighted by Gasteiger charge is -2.27. The molecule has 0 aromatic carbocycles. The maximum Gasteiger partial charge on any atom is 0.433 e. The zero-order valence-electron chi connectivity index (χ0n) is 17.7. The number of halogens is 3. The molecular formula is C22H19F3N6O3. The summed E-state index contributed by atoms with van der Waals surface area (Å²) in [6.45, 7) is -0.232. The molecule has 0 unspecified atom stereocenters. The molecule has 2 fully saturated rings. The summed E-state index contributed by atoms with van der Waals surface area (Å²) in [5, 5.41) is 4.62. The molecule has 3 atom stereocenters. The number of Topliss-reactive ketones (excluding diaryl/α,β-unsaturated/α-hetero) is 1. The summed E-state index contributed by atoms with van der Waals surface area (Å²) in [4.78, 5) is 47.1. The minimum absolute atomic E-state index is 0.00282. The first kappa shape index (κ1) is 22.0. The molecule has 2 N–H and O–H groups in total. The van der Waals surface area contributed by atoms with E-state index in [0.717, 1.165) is 12.5 Å². The SMILES string of the molecule is NC(=O)c1nn(CC(=O)N2[C@@H]3C[C@@H]3C[C@H]2C(=O)Cc2cccc(C(F)(F)F)n2)c2cnccc12. The van der Waals surface area contributed by atoms with E-state index < -0.39 is 23.8 Å². The van der Waals surface area contributed by atoms with Crippen molar-refractivity contribution in [3.8, 4) is 0 Å². The second-order valence-electron chi connectivity index (χ2n) is 8.53. The summed E-state index contributed by atoms with van der Waals surface area (Å²) in [5.74, 6) is -1.29. The van der Waals surface area contributed by atoms with E-state index in [-0.39, 0.29) is 48.0 Å². The van der Waals surface area contributed by atoms with Crippen molar-refractivity contribution in [3.63, 3.8) is 0 Å². The number of nitrogens with two attached hydrogens (primary N) is 1. The number of likely N-dealkylation sites (tertiary alicyclic amines) is 1. The highest BCUT2D eigenvalue weighted by molar-refractivity contribution is 6.04. The van der Waals surface area contributed by atoms with Crippen LogP contribution in [0.4, 0.5) is 13.2 Å². The molecule has 2 aliphatic rings. The third kappa shape index (κ3) is 3.88. The fourth-order valence-corrected chi connectivity index (χ4v) is 4.67. The molecular weight excluding hydrogens is 453 g/mol. The predicted octanol–water partition coefficient (Wildman–Crippen LogP) is 1.75. The fourth-order valence-electron chi connectivity index (χ4n) is 4.67. The van der Waals surface area contributed by atoms with Crippen molar-refractivity contribution < 1.29 is 27.6 Å². The Morgan fingerprint density at radius 1 is 1.15 bits per heavy atom. The van der Waals surface area contributed by atoms with E-state index in [0.29, 0.717) is 17.3 Å². The third-order valence-corrected chi connectivity index (χ3v) is 6.29. The molecule has 34 heavy (non-hydrogen) atoms. The van der Waals surface area contributed by atoms with Crippen LogP contribution in [0, 0.1) is 5.92 Å². The molecule has 2 amide bonds. The van der Waals surface area contributed by atoms with Gasteiger partial charge in [0.2, 0.25) is 5.91 Å². The molecule has 3 aromatic rings. The lowest BCUT2D eigenvalue weighted by molar-refractivity contribution is -0.141. The summed E-state index contributed by atoms with van der Waals surface area (Å²) in [6.07, 6.45) is -0.741. The first-order chi connectivity index (χ1) is 16.1. The molecule has 5 rings (SSSR count). The van der Waals surface area contributed by atoms with E-state index in [4.69, 9.17) is 5.73 Å². The van der Waals surface area contributed by atoms with Gasteiger partial charge < -0.3 is 10.6 Å². The van der Waals surface area contributed by atoms with Gasteiger partial charge in [-0.25, -0.2) is 4.98 Å². The highest BCUT2D eigenvalue weighted by Crippen LogP contribution is 2.48. The van der Waals surface area contributed by atoms with Gasteiger partial charge in [0.05, 0.1) is 24.2 Å². The largest absolute Gasteiger partial charge is 0.433 e. The number of amides is 2. The van der Waals surface area contributed by atoms with Crippen LogP contribution < -0.4 is 5.73 Å². The van der Waals surface area contributed by atoms with E-state index in [1.807, 2.05) is 0 Å². The number of rotatable bonds is 6. The number of alkyl halides is 3. The van der Waals surface area contributed by atoms with Gasteiger partial charge >= 0.3 is 6.18 Å². The molecule has 1 saturated carbocycles. The van der Waals surface area contributed by atoms with E-state index in [1.165, 1.54) is 34.1 Å². The third-order valence-electron chi connectivity index (χ3n) is 6.29. The summed E-state index contributed by atoms with van der Waals surface area (Å²) >= 11 is 0. The van der Waals surface area contributed by atoms with Crippen molar-refractivity contribution in [3.05, 3.63) is 53.7 Å². The standard InChI is InChI=1S/C22H19F3N6O3/c23-22(24,25)18-3-1-2-12(28-18)8-17(32)15-7-11-6-14(11)31(15)19(33)10-30-16-9-27-5-4-13(16)20(29-30)21(26)34/h1-5,9,11,14-15H,6-8,10H2,(H2,26,34)/t11-,14-,15+/m1/s1. The molecule has 1 aliphatic heterocycles. The Hall–Kier alpha value is -3.83. The second-order valence-corrected chi connectivity index (χ2v) is 8.53. The number of carbonyl (C=O) groups excluding carboxylic acids is 3. The molecule has 12 heteroatoms. The van der Waals surface area contributed by atoms with Gasteiger partial charge in [-0.3, -0.25) is 24.0 Å². The molecule has 0 bridgehead atoms. The smallest absolute Gasteiger partial charge is 0.364 e. The van der Waals surface area contributed by atoms with Crippen LogP contribution >= 0.6 is 0 Å². The Morgan fingerprint density at radius 3 is 2.68 bits per heavy atom. The first-order valence-electron chi connectivity index (χ1n) is 10.6. The number of carbonyl (C=O) groups is 3. The van der Waals surface area contributed by atoms with Crippen LogP contribution in [0.15, 0.2) is 36.7 Å². The van der Waals surface area contributed by atoms with E-state index in [1.54, 1.807) is 6.07 Å². The normalized spacial score (nSPS) is 21.5.